The number of oxazole rings is 1. The molecule has 3 aromatic rings. The highest BCUT2D eigenvalue weighted by atomic mass is 32.2. The summed E-state index contributed by atoms with van der Waals surface area (Å²) < 4.78 is 31.4. The number of hydrogen-bond donors (Lipinski definition) is 1. The summed E-state index contributed by atoms with van der Waals surface area (Å²) in [5.74, 6) is 0.0915. The summed E-state index contributed by atoms with van der Waals surface area (Å²) in [5, 5.41) is 3.44. The van der Waals surface area contributed by atoms with Gasteiger partial charge in [-0.25, -0.2) is 17.7 Å². The number of amides is 1. The molecular formula is C21H23N3O4S2. The lowest BCUT2D eigenvalue weighted by Gasteiger charge is -2.26. The molecule has 0 aliphatic heterocycles. The second kappa shape index (κ2) is 8.41. The van der Waals surface area contributed by atoms with Crippen LogP contribution in [0.1, 0.15) is 30.0 Å². The van der Waals surface area contributed by atoms with Crippen LogP contribution < -0.4 is 5.32 Å². The molecule has 1 aliphatic rings. The molecule has 30 heavy (non-hydrogen) atoms. The molecule has 0 spiro atoms. The molecule has 1 aromatic heterocycles. The van der Waals surface area contributed by atoms with E-state index >= 15 is 0 Å². The van der Waals surface area contributed by atoms with Crippen LogP contribution in [-0.4, -0.2) is 43.5 Å². The lowest BCUT2D eigenvalue weighted by molar-refractivity contribution is -0.119. The van der Waals surface area contributed by atoms with Crippen LogP contribution in [-0.2, 0) is 21.2 Å². The summed E-state index contributed by atoms with van der Waals surface area (Å²) in [6.45, 7) is 0. The highest BCUT2D eigenvalue weighted by Crippen LogP contribution is 2.30. The van der Waals surface area contributed by atoms with Gasteiger partial charge in [-0.05, 0) is 48.6 Å². The van der Waals surface area contributed by atoms with E-state index in [0.717, 1.165) is 23.6 Å². The normalized spacial score (nSPS) is 16.6. The summed E-state index contributed by atoms with van der Waals surface area (Å²) in [6.07, 6.45) is 3.03. The fourth-order valence-corrected chi connectivity index (χ4v) is 5.16. The smallest absolute Gasteiger partial charge is 0.257 e. The molecule has 1 amide bonds. The van der Waals surface area contributed by atoms with E-state index in [2.05, 4.69) is 22.4 Å². The van der Waals surface area contributed by atoms with Crippen LogP contribution >= 0.6 is 11.8 Å². The number of nitrogens with zero attached hydrogens (tertiary/aromatic N) is 2. The van der Waals surface area contributed by atoms with Crippen molar-refractivity contribution in [2.24, 2.45) is 0 Å². The zero-order valence-electron chi connectivity index (χ0n) is 16.8. The van der Waals surface area contributed by atoms with Crippen LogP contribution in [0.4, 0.5) is 0 Å². The first-order valence-electron chi connectivity index (χ1n) is 9.67. The SMILES string of the molecule is CN(C)S(=O)(=O)c1ccc2oc(SCC(=O)N[C@H]3CCCc4ccccc43)nc2c1. The van der Waals surface area contributed by atoms with Gasteiger partial charge in [0.2, 0.25) is 15.9 Å². The lowest BCUT2D eigenvalue weighted by Crippen LogP contribution is -2.32. The molecule has 0 fully saturated rings. The molecule has 0 unspecified atom stereocenters. The lowest BCUT2D eigenvalue weighted by atomic mass is 9.88. The van der Waals surface area contributed by atoms with Crippen molar-refractivity contribution >= 4 is 38.8 Å². The zero-order valence-corrected chi connectivity index (χ0v) is 18.4. The van der Waals surface area contributed by atoms with Gasteiger partial charge in [0.15, 0.2) is 5.58 Å². The van der Waals surface area contributed by atoms with Gasteiger partial charge >= 0.3 is 0 Å². The van der Waals surface area contributed by atoms with Crippen LogP contribution in [0.25, 0.3) is 11.1 Å². The average Bonchev–Trinajstić information content (AvgIpc) is 3.14. The highest BCUT2D eigenvalue weighted by Gasteiger charge is 2.22. The monoisotopic (exact) mass is 445 g/mol. The fraction of sp³-hybridized carbons (Fsp3) is 0.333. The number of aromatic nitrogens is 1. The van der Waals surface area contributed by atoms with Crippen molar-refractivity contribution in [3.8, 4) is 0 Å². The van der Waals surface area contributed by atoms with Gasteiger partial charge in [-0.15, -0.1) is 0 Å². The number of sulfonamides is 1. The van der Waals surface area contributed by atoms with Crippen LogP contribution in [0.15, 0.2) is 57.0 Å². The largest absolute Gasteiger partial charge is 0.431 e. The number of fused-ring (bicyclic) bond motifs is 2. The quantitative estimate of drug-likeness (QED) is 0.585. The average molecular weight is 446 g/mol. The first kappa shape index (κ1) is 20.9. The Kier molecular flexibility index (Phi) is 5.86. The molecular weight excluding hydrogens is 422 g/mol. The van der Waals surface area contributed by atoms with Crippen LogP contribution in [0.5, 0.6) is 0 Å². The minimum atomic E-state index is -3.54. The Labute approximate surface area is 179 Å². The minimum Gasteiger partial charge on any atom is -0.431 e. The van der Waals surface area contributed by atoms with Crippen molar-refractivity contribution in [1.82, 2.24) is 14.6 Å². The van der Waals surface area contributed by atoms with Crippen molar-refractivity contribution < 1.29 is 17.6 Å². The molecule has 158 valence electrons. The van der Waals surface area contributed by atoms with E-state index in [1.54, 1.807) is 6.07 Å². The van der Waals surface area contributed by atoms with Gasteiger partial charge in [-0.3, -0.25) is 4.79 Å². The second-order valence-electron chi connectivity index (χ2n) is 7.40. The number of aryl methyl sites for hydroxylation is 1. The third-order valence-corrected chi connectivity index (χ3v) is 7.79. The first-order chi connectivity index (χ1) is 14.3. The Balaban J connectivity index is 1.42. The summed E-state index contributed by atoms with van der Waals surface area (Å²) in [6, 6.07) is 12.8. The summed E-state index contributed by atoms with van der Waals surface area (Å²) in [4.78, 5) is 17.0. The Morgan fingerprint density at radius 1 is 1.27 bits per heavy atom. The number of thioether (sulfide) groups is 1. The summed E-state index contributed by atoms with van der Waals surface area (Å²) in [5.41, 5.74) is 3.42. The van der Waals surface area contributed by atoms with Crippen molar-refractivity contribution in [2.45, 2.75) is 35.4 Å². The number of carbonyl (C=O) groups is 1. The maximum atomic E-state index is 12.5. The Bertz CT molecular complexity index is 1190. The molecule has 0 radical (unpaired) electrons. The van der Waals surface area contributed by atoms with Crippen molar-refractivity contribution in [2.75, 3.05) is 19.8 Å². The van der Waals surface area contributed by atoms with Crippen LogP contribution in [0.2, 0.25) is 0 Å². The first-order valence-corrected chi connectivity index (χ1v) is 12.1. The molecule has 1 heterocycles. The van der Waals surface area contributed by atoms with E-state index in [1.165, 1.54) is 49.1 Å². The third-order valence-electron chi connectivity index (χ3n) is 5.15. The van der Waals surface area contributed by atoms with E-state index in [4.69, 9.17) is 4.42 Å². The van der Waals surface area contributed by atoms with Crippen molar-refractivity contribution in [1.29, 1.82) is 0 Å². The van der Waals surface area contributed by atoms with E-state index in [1.807, 2.05) is 12.1 Å². The second-order valence-corrected chi connectivity index (χ2v) is 10.5. The number of carbonyl (C=O) groups excluding carboxylic acids is 1. The standard InChI is InChI=1S/C21H23N3O4S2/c1-24(2)30(26,27)15-10-11-19-18(12-15)23-21(28-19)29-13-20(25)22-17-9-5-7-14-6-3-4-8-16(14)17/h3-4,6,8,10-12,17H,5,7,9,13H2,1-2H3,(H,22,25)/t17-/m0/s1. The highest BCUT2D eigenvalue weighted by molar-refractivity contribution is 7.99. The molecule has 0 saturated carbocycles. The maximum absolute atomic E-state index is 12.5. The van der Waals surface area contributed by atoms with Gasteiger partial charge in [0, 0.05) is 14.1 Å². The van der Waals surface area contributed by atoms with E-state index < -0.39 is 10.0 Å². The fourth-order valence-electron chi connectivity index (χ4n) is 3.59. The molecule has 9 heteroatoms. The Morgan fingerprint density at radius 2 is 2.07 bits per heavy atom. The van der Waals surface area contributed by atoms with Crippen LogP contribution in [0, 0.1) is 0 Å². The Morgan fingerprint density at radius 3 is 2.87 bits per heavy atom. The predicted octanol–water partition coefficient (Wildman–Crippen LogP) is 3.36. The van der Waals surface area contributed by atoms with Gasteiger partial charge in [-0.2, -0.15) is 0 Å². The minimum absolute atomic E-state index is 0.0329. The van der Waals surface area contributed by atoms with E-state index in [-0.39, 0.29) is 22.6 Å². The molecule has 2 aromatic carbocycles. The summed E-state index contributed by atoms with van der Waals surface area (Å²) in [7, 11) is -0.587. The molecule has 1 aliphatic carbocycles. The van der Waals surface area contributed by atoms with Gasteiger partial charge < -0.3 is 9.73 Å². The molecule has 1 atom stereocenters. The number of hydrogen-bond acceptors (Lipinski definition) is 6. The van der Waals surface area contributed by atoms with Gasteiger partial charge in [0.25, 0.3) is 5.22 Å². The van der Waals surface area contributed by atoms with Crippen molar-refractivity contribution in [3.05, 3.63) is 53.6 Å². The van der Waals surface area contributed by atoms with E-state index in [9.17, 15) is 13.2 Å². The predicted molar refractivity (Wildman–Crippen MR) is 116 cm³/mol. The molecule has 4 rings (SSSR count). The van der Waals surface area contributed by atoms with E-state index in [0.29, 0.717) is 16.3 Å². The van der Waals surface area contributed by atoms with Crippen molar-refractivity contribution in [3.63, 3.8) is 0 Å². The number of benzene rings is 2. The van der Waals surface area contributed by atoms with Gasteiger partial charge in [0.1, 0.15) is 5.52 Å². The van der Waals surface area contributed by atoms with Gasteiger partial charge in [0.05, 0.1) is 16.7 Å². The molecule has 0 saturated heterocycles. The maximum Gasteiger partial charge on any atom is 0.257 e. The topological polar surface area (TPSA) is 92.5 Å². The molecule has 0 bridgehead atoms. The Hall–Kier alpha value is -2.36. The summed E-state index contributed by atoms with van der Waals surface area (Å²) >= 11 is 1.19. The van der Waals surface area contributed by atoms with Gasteiger partial charge in [-0.1, -0.05) is 36.0 Å². The molecule has 7 nitrogen and oxygen atoms in total. The number of nitrogens with one attached hydrogen (secondary N) is 1. The number of rotatable bonds is 6. The zero-order chi connectivity index (χ0) is 21.3. The third kappa shape index (κ3) is 4.23. The van der Waals surface area contributed by atoms with Crippen LogP contribution in [0.3, 0.4) is 0 Å². The molecule has 1 N–H and O–H groups in total.